The Morgan fingerprint density at radius 3 is 1.36 bits per heavy atom. The van der Waals surface area contributed by atoms with Crippen LogP contribution in [0.15, 0.2) is 94.7 Å². The van der Waals surface area contributed by atoms with E-state index in [9.17, 15) is 36.2 Å². The van der Waals surface area contributed by atoms with Gasteiger partial charge in [-0.15, -0.1) is 5.75 Å². The van der Waals surface area contributed by atoms with Crippen LogP contribution in [-0.2, 0) is 33.1 Å². The zero-order chi connectivity index (χ0) is 42.2. The van der Waals surface area contributed by atoms with E-state index < -0.39 is 25.1 Å². The van der Waals surface area contributed by atoms with Gasteiger partial charge in [0.25, 0.3) is 10.1 Å². The third-order valence-electron chi connectivity index (χ3n) is 9.87. The summed E-state index contributed by atoms with van der Waals surface area (Å²) >= 11 is 0. The Balaban J connectivity index is 0.000000400. The van der Waals surface area contributed by atoms with Gasteiger partial charge >= 0.3 is 37.7 Å². The smallest absolute Gasteiger partial charge is 0.872 e. The van der Waals surface area contributed by atoms with Gasteiger partial charge in [0.2, 0.25) is 0 Å². The fraction of sp³-hybridized carbons (Fsp3) is 0.478. The normalized spacial score (nSPS) is 11.3. The molecule has 4 aromatic rings. The predicted octanol–water partition coefficient (Wildman–Crippen LogP) is 11.7. The summed E-state index contributed by atoms with van der Waals surface area (Å²) in [6.45, 7) is 4.44. The van der Waals surface area contributed by atoms with Gasteiger partial charge in [0.05, 0.1) is 4.90 Å². The van der Waals surface area contributed by atoms with Crippen molar-refractivity contribution in [3.63, 3.8) is 0 Å². The number of benzene rings is 4. The minimum atomic E-state index is -4.67. The van der Waals surface area contributed by atoms with Crippen LogP contribution in [0.2, 0.25) is 0 Å². The SMILES string of the molecule is CCCCCCCCCCCc1ccc(O)cc1Oc1ccccc1S(=O)(=O)O.CCCCCCCCCCCc1ccc([O-])cc1Oc1ccccc1S(=O)(=O)[O-].[Ca+2]. The third-order valence-corrected chi connectivity index (χ3v) is 11.6. The van der Waals surface area contributed by atoms with Crippen LogP contribution in [0.5, 0.6) is 34.5 Å². The van der Waals surface area contributed by atoms with E-state index in [0.29, 0.717) is 11.5 Å². The van der Waals surface area contributed by atoms with Crippen molar-refractivity contribution in [2.24, 2.45) is 0 Å². The number of phenols is 1. The molecule has 59 heavy (non-hydrogen) atoms. The molecule has 0 unspecified atom stereocenters. The second kappa shape index (κ2) is 28.6. The molecular weight excluding hydrogens is 817 g/mol. The Bertz CT molecular complexity index is 1870. The van der Waals surface area contributed by atoms with Crippen LogP contribution >= 0.6 is 0 Å². The number of rotatable bonds is 26. The maximum atomic E-state index is 11.8. The number of ether oxygens (including phenoxy) is 2. The molecular formula is C46H62CaO10S2. The average molecular weight is 879 g/mol. The maximum absolute atomic E-state index is 11.8. The standard InChI is InChI=1S/2C23H32O5S.Ca/c2*1-2-3-4-5-6-7-8-9-10-13-19-16-17-20(24)18-22(19)28-21-14-11-12-15-23(21)29(25,26)27;/h2*11-12,14-18,24H,2-10,13H2,1H3,(H,25,26,27);/q;;+2/p-2. The molecule has 0 fully saturated rings. The van der Waals surface area contributed by atoms with Gasteiger partial charge in [-0.25, -0.2) is 8.42 Å². The van der Waals surface area contributed by atoms with Gasteiger partial charge in [0.15, 0.2) is 0 Å². The summed E-state index contributed by atoms with van der Waals surface area (Å²) in [5.74, 6) is 0.516. The monoisotopic (exact) mass is 878 g/mol. The van der Waals surface area contributed by atoms with Crippen molar-refractivity contribution in [2.45, 2.75) is 152 Å². The molecule has 0 spiro atoms. The Hall–Kier alpha value is -2.84. The molecule has 0 saturated heterocycles. The molecule has 0 saturated carbocycles. The van der Waals surface area contributed by atoms with Crippen LogP contribution in [0.3, 0.4) is 0 Å². The Kier molecular flexibility index (Phi) is 25.4. The molecule has 4 aromatic carbocycles. The molecule has 320 valence electrons. The first-order chi connectivity index (χ1) is 27.8. The molecule has 0 radical (unpaired) electrons. The fourth-order valence-corrected chi connectivity index (χ4v) is 7.87. The Labute approximate surface area is 383 Å². The Morgan fingerprint density at radius 2 is 0.898 bits per heavy atom. The van der Waals surface area contributed by atoms with Crippen LogP contribution in [0, 0.1) is 0 Å². The largest absolute Gasteiger partial charge is 2.00 e. The van der Waals surface area contributed by atoms with E-state index in [2.05, 4.69) is 13.8 Å². The molecule has 10 nitrogen and oxygen atoms in total. The second-order valence-electron chi connectivity index (χ2n) is 14.7. The van der Waals surface area contributed by atoms with Crippen molar-refractivity contribution < 1.29 is 45.6 Å². The van der Waals surface area contributed by atoms with E-state index >= 15 is 0 Å². The van der Waals surface area contributed by atoms with Crippen molar-refractivity contribution in [3.05, 3.63) is 96.1 Å². The molecule has 13 heteroatoms. The van der Waals surface area contributed by atoms with Gasteiger partial charge in [0, 0.05) is 6.07 Å². The van der Waals surface area contributed by atoms with Crippen LogP contribution in [-0.4, -0.2) is 68.8 Å². The second-order valence-corrected chi connectivity index (χ2v) is 17.5. The number of hydrogen-bond donors (Lipinski definition) is 2. The number of unbranched alkanes of at least 4 members (excludes halogenated alkanes) is 16. The minimum Gasteiger partial charge on any atom is -0.872 e. The van der Waals surface area contributed by atoms with E-state index in [0.717, 1.165) is 49.7 Å². The third kappa shape index (κ3) is 20.5. The molecule has 0 bridgehead atoms. The van der Waals surface area contributed by atoms with Gasteiger partial charge < -0.3 is 24.2 Å². The van der Waals surface area contributed by atoms with E-state index in [1.54, 1.807) is 30.3 Å². The van der Waals surface area contributed by atoms with E-state index in [4.69, 9.17) is 9.47 Å². The average Bonchev–Trinajstić information content (AvgIpc) is 3.18. The van der Waals surface area contributed by atoms with Crippen molar-refractivity contribution in [3.8, 4) is 34.5 Å². The number of para-hydroxylation sites is 2. The van der Waals surface area contributed by atoms with E-state index in [1.165, 1.54) is 144 Å². The maximum Gasteiger partial charge on any atom is 2.00 e. The first-order valence-corrected chi connectivity index (χ1v) is 23.8. The van der Waals surface area contributed by atoms with E-state index in [1.807, 2.05) is 0 Å². The van der Waals surface area contributed by atoms with Crippen LogP contribution < -0.4 is 14.6 Å². The molecule has 0 aliphatic rings. The quantitative estimate of drug-likeness (QED) is 0.0351. The van der Waals surface area contributed by atoms with Crippen molar-refractivity contribution >= 4 is 58.0 Å². The summed E-state index contributed by atoms with van der Waals surface area (Å²) in [6.07, 6.45) is 23.6. The number of phenolic OH excluding ortho intramolecular Hbond substituents is 1. The van der Waals surface area contributed by atoms with Gasteiger partial charge in [-0.3, -0.25) is 4.55 Å². The molecule has 0 aliphatic carbocycles. The topological polar surface area (TPSA) is 173 Å². The van der Waals surface area contributed by atoms with Crippen molar-refractivity contribution in [1.82, 2.24) is 0 Å². The summed E-state index contributed by atoms with van der Waals surface area (Å²) in [4.78, 5) is -0.720. The Morgan fingerprint density at radius 1 is 0.508 bits per heavy atom. The summed E-state index contributed by atoms with van der Waals surface area (Å²) in [5, 5.41) is 21.6. The zero-order valence-electron chi connectivity index (χ0n) is 34.9. The molecule has 2 N–H and O–H groups in total. The van der Waals surface area contributed by atoms with Gasteiger partial charge in [-0.05, 0) is 73.2 Å². The van der Waals surface area contributed by atoms with E-state index in [-0.39, 0.29) is 65.6 Å². The first-order valence-electron chi connectivity index (χ1n) is 20.9. The molecule has 0 heterocycles. The van der Waals surface area contributed by atoms with Crippen molar-refractivity contribution in [1.29, 1.82) is 0 Å². The van der Waals surface area contributed by atoms with Gasteiger partial charge in [-0.2, -0.15) is 8.42 Å². The summed E-state index contributed by atoms with van der Waals surface area (Å²) in [7, 11) is -9.07. The molecule has 0 aliphatic heterocycles. The van der Waals surface area contributed by atoms with Crippen LogP contribution in [0.4, 0.5) is 0 Å². The summed E-state index contributed by atoms with van der Waals surface area (Å²) in [6, 6.07) is 21.0. The number of hydrogen-bond acceptors (Lipinski definition) is 9. The molecule has 4 rings (SSSR count). The van der Waals surface area contributed by atoms with Crippen molar-refractivity contribution in [2.75, 3.05) is 0 Å². The van der Waals surface area contributed by atoms with Crippen LogP contribution in [0.1, 0.15) is 141 Å². The molecule has 0 amide bonds. The summed E-state index contributed by atoms with van der Waals surface area (Å²) in [5.41, 5.74) is 1.74. The number of aromatic hydroxyl groups is 1. The number of aryl methyl sites for hydroxylation is 2. The zero-order valence-corrected chi connectivity index (χ0v) is 38.8. The van der Waals surface area contributed by atoms with Gasteiger partial charge in [-0.1, -0.05) is 159 Å². The molecule has 0 atom stereocenters. The predicted molar refractivity (Wildman–Crippen MR) is 232 cm³/mol. The molecule has 0 aromatic heterocycles. The first kappa shape index (κ1) is 52.3. The summed E-state index contributed by atoms with van der Waals surface area (Å²) < 4.78 is 78.4. The van der Waals surface area contributed by atoms with Gasteiger partial charge in [0.1, 0.15) is 43.8 Å². The van der Waals surface area contributed by atoms with Crippen LogP contribution in [0.25, 0.3) is 0 Å². The fourth-order valence-electron chi connectivity index (χ4n) is 6.66. The minimum absolute atomic E-state index is 0.